The van der Waals surface area contributed by atoms with E-state index in [0.29, 0.717) is 0 Å². The average Bonchev–Trinajstić information content (AvgIpc) is 4.05. The van der Waals surface area contributed by atoms with Gasteiger partial charge in [-0.2, -0.15) is 0 Å². The van der Waals surface area contributed by atoms with Gasteiger partial charge < -0.3 is 19.6 Å². The number of anilines is 7. The van der Waals surface area contributed by atoms with E-state index in [-0.39, 0.29) is 5.92 Å². The predicted molar refractivity (Wildman–Crippen MR) is 363 cm³/mol. The van der Waals surface area contributed by atoms with Crippen molar-refractivity contribution >= 4 is 45.4 Å². The molecule has 4 nitrogen and oxygen atoms in total. The molecule has 2 aliphatic rings. The van der Waals surface area contributed by atoms with Crippen molar-refractivity contribution in [3.05, 3.63) is 362 Å². The van der Waals surface area contributed by atoms with E-state index in [1.807, 2.05) is 49.4 Å². The second-order valence-corrected chi connectivity index (χ2v) is 20.6. The maximum Gasteiger partial charge on any atom is 0.0578 e. The maximum atomic E-state index is 6.12. The molecule has 84 heavy (non-hydrogen) atoms. The SMILES string of the molecule is C#CC(C)/C(=C\C=C(/C)C/C=C\C(=C/C=C)N(C1=CC=CCC=C1)c1ccc(-c2ccc(N(C3=CC=C(c4ccc(N(c5ccccc5)c5ccccc5)cc4)C=CC3)c3cccc(C)c3)cc2)cc1)N(/C(C=C)=C/C=C\C)c1ccccc1. The van der Waals surface area contributed by atoms with Crippen LogP contribution in [0.5, 0.6) is 0 Å². The van der Waals surface area contributed by atoms with E-state index >= 15 is 0 Å². The third-order valence-corrected chi connectivity index (χ3v) is 14.6. The molecule has 7 aromatic carbocycles. The summed E-state index contributed by atoms with van der Waals surface area (Å²) in [5.74, 6) is 2.82. The Labute approximate surface area is 500 Å². The fourth-order valence-corrected chi connectivity index (χ4v) is 10.3. The Morgan fingerprint density at radius 3 is 1.79 bits per heavy atom. The number of hydrogen-bond acceptors (Lipinski definition) is 4. The lowest BCUT2D eigenvalue weighted by molar-refractivity contribution is 0.843. The van der Waals surface area contributed by atoms with Crippen molar-refractivity contribution in [3.63, 3.8) is 0 Å². The Hall–Kier alpha value is -10.3. The van der Waals surface area contributed by atoms with Gasteiger partial charge in [-0.05, 0) is 202 Å². The predicted octanol–water partition coefficient (Wildman–Crippen LogP) is 21.7. The smallest absolute Gasteiger partial charge is 0.0578 e. The van der Waals surface area contributed by atoms with Crippen molar-refractivity contribution < 1.29 is 0 Å². The fraction of sp³-hybridized carbons (Fsp3) is 0.100. The molecule has 4 heteroatoms. The van der Waals surface area contributed by atoms with Crippen molar-refractivity contribution in [1.82, 2.24) is 0 Å². The maximum absolute atomic E-state index is 6.12. The molecule has 0 saturated heterocycles. The quantitative estimate of drug-likeness (QED) is 0.0495. The zero-order valence-electron chi connectivity index (χ0n) is 48.8. The van der Waals surface area contributed by atoms with Gasteiger partial charge in [0.15, 0.2) is 0 Å². The molecule has 414 valence electrons. The second-order valence-electron chi connectivity index (χ2n) is 20.6. The van der Waals surface area contributed by atoms with E-state index in [0.717, 1.165) is 104 Å². The lowest BCUT2D eigenvalue weighted by Gasteiger charge is -2.30. The van der Waals surface area contributed by atoms with Crippen LogP contribution in [-0.2, 0) is 0 Å². The molecule has 7 aromatic rings. The Balaban J connectivity index is 0.963. The number of allylic oxidation sites excluding steroid dienone is 22. The second kappa shape index (κ2) is 29.4. The molecule has 0 radical (unpaired) electrons. The summed E-state index contributed by atoms with van der Waals surface area (Å²) in [6.45, 7) is 16.7. The molecule has 0 spiro atoms. The van der Waals surface area contributed by atoms with Crippen molar-refractivity contribution in [2.75, 3.05) is 19.6 Å². The molecule has 0 aromatic heterocycles. The normalized spacial score (nSPS) is 14.2. The Bertz CT molecular complexity index is 3770. The van der Waals surface area contributed by atoms with Gasteiger partial charge in [-0.3, -0.25) is 0 Å². The standard InChI is InChI=1S/C80H74N4/c1-8-12-33-69(11-4)84(74-40-24-17-25-41-74)80(64(7)10-3)60-45-62(5)30-26-42-70(29-9-2)81(71-34-18-13-14-19-35-71)76-56-49-67(50-57-76)68-51-58-78(59-52-68)83(79-44-27-31-63(6)61-79)75-43-28-32-65(46-53-75)66-47-54-77(55-48-66)82(72-36-20-15-21-37-72)73-38-22-16-23-39-73/h3,8-9,11-13,15-29,31-42,44-61,64H,2,4,14,30,43H2,1,5-7H3/b12-8-,42-26-,62-45+,69-33+,70-29+,80-60+. The van der Waals surface area contributed by atoms with Gasteiger partial charge >= 0.3 is 0 Å². The number of hydrogen-bond donors (Lipinski definition) is 0. The summed E-state index contributed by atoms with van der Waals surface area (Å²) >= 11 is 0. The van der Waals surface area contributed by atoms with Crippen LogP contribution in [0.4, 0.5) is 39.8 Å². The van der Waals surface area contributed by atoms with E-state index < -0.39 is 0 Å². The van der Waals surface area contributed by atoms with Crippen LogP contribution < -0.4 is 19.6 Å². The van der Waals surface area contributed by atoms with Crippen LogP contribution in [0, 0.1) is 25.2 Å². The first-order chi connectivity index (χ1) is 41.3. The molecule has 9 rings (SSSR count). The molecule has 0 N–H and O–H groups in total. The Kier molecular flexibility index (Phi) is 20.4. The third kappa shape index (κ3) is 14.8. The van der Waals surface area contributed by atoms with Crippen molar-refractivity contribution in [3.8, 4) is 23.5 Å². The summed E-state index contributed by atoms with van der Waals surface area (Å²) in [7, 11) is 0. The molecule has 0 amide bonds. The number of para-hydroxylation sites is 3. The van der Waals surface area contributed by atoms with Gasteiger partial charge in [0, 0.05) is 74.7 Å². The van der Waals surface area contributed by atoms with E-state index in [9.17, 15) is 0 Å². The highest BCUT2D eigenvalue weighted by molar-refractivity contribution is 5.82. The molecule has 2 aliphatic carbocycles. The number of nitrogens with zero attached hydrogens (tertiary/aromatic N) is 4. The van der Waals surface area contributed by atoms with Crippen LogP contribution in [0.2, 0.25) is 0 Å². The molecule has 0 saturated carbocycles. The zero-order chi connectivity index (χ0) is 58.5. The zero-order valence-corrected chi connectivity index (χ0v) is 48.8. The summed E-state index contributed by atoms with van der Waals surface area (Å²) in [5, 5.41) is 0. The summed E-state index contributed by atoms with van der Waals surface area (Å²) in [4.78, 5) is 9.17. The Morgan fingerprint density at radius 2 is 1.18 bits per heavy atom. The van der Waals surface area contributed by atoms with Crippen LogP contribution in [0.1, 0.15) is 51.2 Å². The van der Waals surface area contributed by atoms with E-state index in [4.69, 9.17) is 6.42 Å². The average molecular weight is 1090 g/mol. The van der Waals surface area contributed by atoms with E-state index in [1.54, 1.807) is 0 Å². The number of benzene rings is 7. The van der Waals surface area contributed by atoms with Crippen molar-refractivity contribution in [2.24, 2.45) is 5.92 Å². The number of terminal acetylenes is 1. The molecule has 0 heterocycles. The minimum Gasteiger partial charge on any atom is -0.314 e. The summed E-state index contributed by atoms with van der Waals surface area (Å²) in [5.41, 5.74) is 19.7. The van der Waals surface area contributed by atoms with Crippen LogP contribution in [-0.4, -0.2) is 0 Å². The van der Waals surface area contributed by atoms with E-state index in [2.05, 4.69) is 320 Å². The van der Waals surface area contributed by atoms with E-state index in [1.165, 1.54) is 16.8 Å². The topological polar surface area (TPSA) is 13.0 Å². The molecule has 0 bridgehead atoms. The van der Waals surface area contributed by atoms with Crippen LogP contribution in [0.25, 0.3) is 16.7 Å². The molecule has 0 fully saturated rings. The monoisotopic (exact) mass is 1090 g/mol. The highest BCUT2D eigenvalue weighted by Gasteiger charge is 2.21. The van der Waals surface area contributed by atoms with Crippen LogP contribution in [0.15, 0.2) is 351 Å². The summed E-state index contributed by atoms with van der Waals surface area (Å²) in [6.07, 6.45) is 49.1. The highest BCUT2D eigenvalue weighted by atomic mass is 15.2. The Morgan fingerprint density at radius 1 is 0.583 bits per heavy atom. The van der Waals surface area contributed by atoms with Gasteiger partial charge in [0.25, 0.3) is 0 Å². The summed E-state index contributed by atoms with van der Waals surface area (Å²) in [6, 6.07) is 66.9. The molecule has 1 unspecified atom stereocenters. The van der Waals surface area contributed by atoms with Gasteiger partial charge in [-0.1, -0.05) is 195 Å². The van der Waals surface area contributed by atoms with Crippen molar-refractivity contribution in [2.45, 2.75) is 47.0 Å². The van der Waals surface area contributed by atoms with Gasteiger partial charge in [0.2, 0.25) is 0 Å². The lowest BCUT2D eigenvalue weighted by atomic mass is 10.0. The third-order valence-electron chi connectivity index (χ3n) is 14.6. The van der Waals surface area contributed by atoms with Crippen molar-refractivity contribution in [1.29, 1.82) is 0 Å². The summed E-state index contributed by atoms with van der Waals surface area (Å²) < 4.78 is 0. The largest absolute Gasteiger partial charge is 0.314 e. The minimum atomic E-state index is -0.167. The lowest BCUT2D eigenvalue weighted by Crippen LogP contribution is -2.24. The molecular weight excluding hydrogens is 1020 g/mol. The number of rotatable bonds is 22. The molecule has 1 atom stereocenters. The minimum absolute atomic E-state index is 0.167. The van der Waals surface area contributed by atoms with Gasteiger partial charge in [-0.15, -0.1) is 6.42 Å². The first-order valence-corrected chi connectivity index (χ1v) is 28.9. The van der Waals surface area contributed by atoms with Crippen LogP contribution in [0.3, 0.4) is 0 Å². The number of aryl methyl sites for hydroxylation is 1. The first-order valence-electron chi connectivity index (χ1n) is 28.9. The highest BCUT2D eigenvalue weighted by Crippen LogP contribution is 2.39. The fourth-order valence-electron chi connectivity index (χ4n) is 10.3. The first kappa shape index (κ1) is 58.3. The molecular formula is C80H74N4. The molecule has 0 aliphatic heterocycles. The van der Waals surface area contributed by atoms with Gasteiger partial charge in [0.1, 0.15) is 0 Å². The van der Waals surface area contributed by atoms with Crippen LogP contribution >= 0.6 is 0 Å². The van der Waals surface area contributed by atoms with Gasteiger partial charge in [-0.25, -0.2) is 0 Å². The van der Waals surface area contributed by atoms with Gasteiger partial charge in [0.05, 0.1) is 5.92 Å².